The van der Waals surface area contributed by atoms with Crippen molar-refractivity contribution < 1.29 is 19.4 Å². The van der Waals surface area contributed by atoms with Crippen LogP contribution in [0.4, 0.5) is 0 Å². The number of nitrogens with zero attached hydrogens (tertiary/aromatic N) is 1. The molecule has 0 amide bonds. The largest absolute Gasteiger partial charge is 0.393 e. The Morgan fingerprint density at radius 3 is 2.67 bits per heavy atom. The van der Waals surface area contributed by atoms with Gasteiger partial charge >= 0.3 is 0 Å². The van der Waals surface area contributed by atoms with Crippen LogP contribution in [0.3, 0.4) is 0 Å². The van der Waals surface area contributed by atoms with Gasteiger partial charge in [-0.25, -0.2) is 0 Å². The van der Waals surface area contributed by atoms with Crippen LogP contribution in [0.1, 0.15) is 47.5 Å². The van der Waals surface area contributed by atoms with Gasteiger partial charge in [-0.3, -0.25) is 0 Å². The average molecular weight is 259 g/mol. The van der Waals surface area contributed by atoms with Gasteiger partial charge in [-0.1, -0.05) is 5.16 Å². The quantitative estimate of drug-likeness (QED) is 0.586. The lowest BCUT2D eigenvalue weighted by Crippen LogP contribution is -2.32. The van der Waals surface area contributed by atoms with E-state index in [0.29, 0.717) is 13.0 Å². The summed E-state index contributed by atoms with van der Waals surface area (Å²) < 4.78 is 11.2. The third-order valence-corrected chi connectivity index (χ3v) is 2.69. The van der Waals surface area contributed by atoms with Crippen LogP contribution >= 0.6 is 0 Å². The monoisotopic (exact) mass is 259 g/mol. The Labute approximate surface area is 109 Å². The molecule has 5 heteroatoms. The maximum atomic E-state index is 10.1. The Kier molecular flexibility index (Phi) is 5.13. The SMILES string of the molecule is CC(C)=NOC[C@](C)(O)CC[C@H]1COC(C)(C)O1. The molecule has 0 aromatic heterocycles. The van der Waals surface area contributed by atoms with Gasteiger partial charge in [0, 0.05) is 0 Å². The molecule has 1 rings (SSSR count). The fourth-order valence-corrected chi connectivity index (χ4v) is 1.75. The summed E-state index contributed by atoms with van der Waals surface area (Å²) in [6.45, 7) is 10.0. The molecular formula is C13H25NO4. The molecule has 0 aromatic carbocycles. The molecule has 0 unspecified atom stereocenters. The van der Waals surface area contributed by atoms with Gasteiger partial charge in [-0.15, -0.1) is 0 Å². The first-order valence-corrected chi connectivity index (χ1v) is 6.37. The van der Waals surface area contributed by atoms with E-state index >= 15 is 0 Å². The van der Waals surface area contributed by atoms with Crippen molar-refractivity contribution in [1.29, 1.82) is 0 Å². The van der Waals surface area contributed by atoms with Gasteiger partial charge in [0.25, 0.3) is 0 Å². The number of hydrogen-bond acceptors (Lipinski definition) is 5. The number of hydrogen-bond donors (Lipinski definition) is 1. The third-order valence-electron chi connectivity index (χ3n) is 2.69. The Morgan fingerprint density at radius 1 is 1.50 bits per heavy atom. The Bertz CT molecular complexity index is 295. The summed E-state index contributed by atoms with van der Waals surface area (Å²) in [6, 6.07) is 0. The minimum absolute atomic E-state index is 0.0443. The van der Waals surface area contributed by atoms with Crippen molar-refractivity contribution in [1.82, 2.24) is 0 Å². The predicted molar refractivity (Wildman–Crippen MR) is 69.5 cm³/mol. The van der Waals surface area contributed by atoms with Gasteiger partial charge in [-0.05, 0) is 47.5 Å². The zero-order valence-corrected chi connectivity index (χ0v) is 12.0. The number of ether oxygens (including phenoxy) is 2. The first kappa shape index (κ1) is 15.4. The molecule has 1 saturated heterocycles. The summed E-state index contributed by atoms with van der Waals surface area (Å²) in [5, 5.41) is 13.9. The van der Waals surface area contributed by atoms with E-state index in [0.717, 1.165) is 12.1 Å². The lowest BCUT2D eigenvalue weighted by atomic mass is 9.99. The highest BCUT2D eigenvalue weighted by Gasteiger charge is 2.34. The van der Waals surface area contributed by atoms with Crippen LogP contribution in [-0.4, -0.2) is 41.5 Å². The molecular weight excluding hydrogens is 234 g/mol. The van der Waals surface area contributed by atoms with E-state index in [-0.39, 0.29) is 12.7 Å². The lowest BCUT2D eigenvalue weighted by molar-refractivity contribution is -0.141. The Balaban J connectivity index is 2.27. The van der Waals surface area contributed by atoms with E-state index in [1.165, 1.54) is 0 Å². The Hall–Kier alpha value is -0.650. The highest BCUT2D eigenvalue weighted by molar-refractivity contribution is 5.78. The summed E-state index contributed by atoms with van der Waals surface area (Å²) >= 11 is 0. The van der Waals surface area contributed by atoms with Crippen LogP contribution in [-0.2, 0) is 14.3 Å². The summed E-state index contributed by atoms with van der Waals surface area (Å²) in [4.78, 5) is 5.08. The molecule has 18 heavy (non-hydrogen) atoms. The summed E-state index contributed by atoms with van der Waals surface area (Å²) in [5.41, 5.74) is -0.0604. The van der Waals surface area contributed by atoms with Gasteiger partial charge < -0.3 is 19.4 Å². The van der Waals surface area contributed by atoms with Crippen LogP contribution in [0.2, 0.25) is 0 Å². The van der Waals surface area contributed by atoms with Crippen molar-refractivity contribution in [2.24, 2.45) is 5.16 Å². The zero-order chi connectivity index (χ0) is 13.8. The minimum atomic E-state index is -0.894. The molecule has 1 heterocycles. The van der Waals surface area contributed by atoms with Crippen molar-refractivity contribution in [3.05, 3.63) is 0 Å². The molecule has 1 aliphatic heterocycles. The fourth-order valence-electron chi connectivity index (χ4n) is 1.75. The van der Waals surface area contributed by atoms with Crippen molar-refractivity contribution in [3.8, 4) is 0 Å². The molecule has 2 atom stereocenters. The highest BCUT2D eigenvalue weighted by Crippen LogP contribution is 2.26. The number of rotatable bonds is 6. The number of oxime groups is 1. The molecule has 0 aliphatic carbocycles. The van der Waals surface area contributed by atoms with Gasteiger partial charge in [-0.2, -0.15) is 0 Å². The topological polar surface area (TPSA) is 60.3 Å². The van der Waals surface area contributed by atoms with E-state index < -0.39 is 11.4 Å². The maximum Gasteiger partial charge on any atom is 0.163 e. The molecule has 106 valence electrons. The molecule has 0 radical (unpaired) electrons. The second-order valence-corrected chi connectivity index (χ2v) is 5.80. The van der Waals surface area contributed by atoms with E-state index in [9.17, 15) is 5.11 Å². The molecule has 0 bridgehead atoms. The van der Waals surface area contributed by atoms with Crippen LogP contribution in [0.5, 0.6) is 0 Å². The first-order valence-electron chi connectivity index (χ1n) is 6.37. The van der Waals surface area contributed by atoms with E-state index in [4.69, 9.17) is 14.3 Å². The van der Waals surface area contributed by atoms with Gasteiger partial charge in [0.2, 0.25) is 0 Å². The molecule has 1 aliphatic rings. The lowest BCUT2D eigenvalue weighted by Gasteiger charge is -2.23. The predicted octanol–water partition coefficient (Wildman–Crippen LogP) is 2.08. The van der Waals surface area contributed by atoms with Gasteiger partial charge in [0.05, 0.1) is 24.0 Å². The molecule has 1 N–H and O–H groups in total. The molecule has 1 fully saturated rings. The third kappa shape index (κ3) is 5.80. The summed E-state index contributed by atoms with van der Waals surface area (Å²) in [5.74, 6) is -0.503. The Morgan fingerprint density at radius 2 is 2.17 bits per heavy atom. The average Bonchev–Trinajstić information content (AvgIpc) is 2.55. The maximum absolute atomic E-state index is 10.1. The van der Waals surface area contributed by atoms with Crippen LogP contribution < -0.4 is 0 Å². The van der Waals surface area contributed by atoms with Crippen molar-refractivity contribution in [2.75, 3.05) is 13.2 Å². The normalized spacial score (nSPS) is 25.6. The summed E-state index contributed by atoms with van der Waals surface area (Å²) in [7, 11) is 0. The molecule has 5 nitrogen and oxygen atoms in total. The van der Waals surface area contributed by atoms with Gasteiger partial charge in [0.1, 0.15) is 6.61 Å². The molecule has 0 aromatic rings. The molecule has 0 spiro atoms. The smallest absolute Gasteiger partial charge is 0.163 e. The van der Waals surface area contributed by atoms with Crippen LogP contribution in [0.25, 0.3) is 0 Å². The van der Waals surface area contributed by atoms with Crippen LogP contribution in [0, 0.1) is 0 Å². The fraction of sp³-hybridized carbons (Fsp3) is 0.923. The second kappa shape index (κ2) is 5.99. The standard InChI is InChI=1S/C13H25NO4/c1-10(2)14-17-9-13(5,15)7-6-11-8-16-12(3,4)18-11/h11,15H,6-9H2,1-5H3/t11-,13+/m0/s1. The van der Waals surface area contributed by atoms with Crippen LogP contribution in [0.15, 0.2) is 5.16 Å². The second-order valence-electron chi connectivity index (χ2n) is 5.80. The zero-order valence-electron chi connectivity index (χ0n) is 12.0. The molecule has 0 saturated carbocycles. The summed E-state index contributed by atoms with van der Waals surface area (Å²) in [6.07, 6.45) is 1.38. The van der Waals surface area contributed by atoms with E-state index in [1.807, 2.05) is 27.7 Å². The highest BCUT2D eigenvalue weighted by atomic mass is 16.7. The van der Waals surface area contributed by atoms with Crippen molar-refractivity contribution in [2.45, 2.75) is 65.0 Å². The van der Waals surface area contributed by atoms with E-state index in [2.05, 4.69) is 5.16 Å². The van der Waals surface area contributed by atoms with Crippen molar-refractivity contribution in [3.63, 3.8) is 0 Å². The van der Waals surface area contributed by atoms with Crippen molar-refractivity contribution >= 4 is 5.71 Å². The van der Waals surface area contributed by atoms with Gasteiger partial charge in [0.15, 0.2) is 5.79 Å². The minimum Gasteiger partial charge on any atom is -0.393 e. The van der Waals surface area contributed by atoms with E-state index in [1.54, 1.807) is 6.92 Å². The first-order chi connectivity index (χ1) is 8.20. The number of aliphatic hydroxyl groups is 1.